The molecule has 0 spiro atoms. The van der Waals surface area contributed by atoms with Crippen LogP contribution in [0.5, 0.6) is 0 Å². The van der Waals surface area contributed by atoms with Crippen molar-refractivity contribution in [1.82, 2.24) is 29.6 Å². The van der Waals surface area contributed by atoms with Crippen LogP contribution in [0.25, 0.3) is 11.3 Å². The molecule has 0 saturated carbocycles. The molecular formula is C19H17F3N6O2. The first kappa shape index (κ1) is 19.8. The first-order valence-electron chi connectivity index (χ1n) is 9.14. The van der Waals surface area contributed by atoms with Gasteiger partial charge in [0.2, 0.25) is 0 Å². The molecule has 8 nitrogen and oxygen atoms in total. The molecule has 0 aliphatic carbocycles. The van der Waals surface area contributed by atoms with Gasteiger partial charge in [0.15, 0.2) is 5.69 Å². The van der Waals surface area contributed by atoms with E-state index in [1.807, 2.05) is 0 Å². The lowest BCUT2D eigenvalue weighted by molar-refractivity contribution is -0.143. The Bertz CT molecular complexity index is 1140. The molecule has 1 aliphatic heterocycles. The van der Waals surface area contributed by atoms with Gasteiger partial charge < -0.3 is 9.88 Å². The van der Waals surface area contributed by atoms with Crippen molar-refractivity contribution in [3.8, 4) is 11.3 Å². The maximum Gasteiger partial charge on any atom is 0.433 e. The summed E-state index contributed by atoms with van der Waals surface area (Å²) < 4.78 is 39.6. The molecule has 30 heavy (non-hydrogen) atoms. The second-order valence-corrected chi connectivity index (χ2v) is 7.03. The van der Waals surface area contributed by atoms with Gasteiger partial charge in [0.1, 0.15) is 11.5 Å². The summed E-state index contributed by atoms with van der Waals surface area (Å²) >= 11 is 0. The smallest absolute Gasteiger partial charge is 0.336 e. The summed E-state index contributed by atoms with van der Waals surface area (Å²) in [6, 6.07) is 5.63. The van der Waals surface area contributed by atoms with E-state index in [0.29, 0.717) is 34.7 Å². The largest absolute Gasteiger partial charge is 0.433 e. The molecule has 3 aromatic rings. The van der Waals surface area contributed by atoms with Crippen LogP contribution in [0.3, 0.4) is 0 Å². The van der Waals surface area contributed by atoms with Crippen LogP contribution < -0.4 is 5.56 Å². The summed E-state index contributed by atoms with van der Waals surface area (Å²) in [6.07, 6.45) is -0.872. The van der Waals surface area contributed by atoms with E-state index in [1.54, 1.807) is 24.5 Å². The molecule has 156 valence electrons. The number of halogens is 3. The van der Waals surface area contributed by atoms with E-state index in [1.165, 1.54) is 11.0 Å². The molecule has 1 saturated heterocycles. The zero-order valence-corrected chi connectivity index (χ0v) is 15.8. The van der Waals surface area contributed by atoms with Crippen LogP contribution in [0.4, 0.5) is 13.2 Å². The number of hydrogen-bond donors (Lipinski definition) is 1. The molecule has 1 atom stereocenters. The Morgan fingerprint density at radius 2 is 2.10 bits per heavy atom. The van der Waals surface area contributed by atoms with Crippen LogP contribution in [-0.4, -0.2) is 48.6 Å². The first-order chi connectivity index (χ1) is 14.2. The normalized spacial score (nSPS) is 16.8. The number of hydrogen-bond acceptors (Lipinski definition) is 5. The number of carbonyl (C=O) groups is 1. The van der Waals surface area contributed by atoms with Crippen molar-refractivity contribution in [2.45, 2.75) is 18.5 Å². The average Bonchev–Trinajstić information content (AvgIpc) is 3.34. The van der Waals surface area contributed by atoms with Gasteiger partial charge in [0.05, 0.1) is 5.69 Å². The highest BCUT2D eigenvalue weighted by molar-refractivity contribution is 5.92. The van der Waals surface area contributed by atoms with Gasteiger partial charge in [-0.1, -0.05) is 0 Å². The molecular weight excluding hydrogens is 401 g/mol. The molecule has 1 fully saturated rings. The number of alkyl halides is 3. The number of H-pyrrole nitrogens is 1. The number of pyridine rings is 1. The number of aryl methyl sites for hydroxylation is 1. The number of likely N-dealkylation sites (tertiary alicyclic amines) is 1. The van der Waals surface area contributed by atoms with Gasteiger partial charge in [0.25, 0.3) is 11.5 Å². The Hall–Kier alpha value is -3.50. The molecule has 4 rings (SSSR count). The minimum Gasteiger partial charge on any atom is -0.336 e. The van der Waals surface area contributed by atoms with Crippen molar-refractivity contribution in [3.05, 3.63) is 64.2 Å². The molecule has 3 aromatic heterocycles. The van der Waals surface area contributed by atoms with Crippen molar-refractivity contribution in [3.63, 3.8) is 0 Å². The highest BCUT2D eigenvalue weighted by Gasteiger charge is 2.37. The van der Waals surface area contributed by atoms with Gasteiger partial charge in [-0.2, -0.15) is 18.3 Å². The summed E-state index contributed by atoms with van der Waals surface area (Å²) in [7, 11) is 1.14. The third kappa shape index (κ3) is 3.82. The number of carbonyl (C=O) groups excluding carboxylic acids is 1. The Kier molecular flexibility index (Phi) is 4.88. The van der Waals surface area contributed by atoms with Crippen molar-refractivity contribution in [2.75, 3.05) is 13.1 Å². The van der Waals surface area contributed by atoms with Gasteiger partial charge in [0, 0.05) is 56.1 Å². The molecule has 1 amide bonds. The number of aromatic nitrogens is 5. The zero-order chi connectivity index (χ0) is 21.5. The standard InChI is InChI=1S/C19H17F3N6O2/c1-27-15(19(20,21)22)7-14(26-27)18(30)28-6-4-12(10-28)17-24-13(8-16(29)25-17)11-3-2-5-23-9-11/h2-3,5,7-9,12H,4,6,10H2,1H3,(H,24,25,29). The van der Waals surface area contributed by atoms with E-state index in [9.17, 15) is 22.8 Å². The number of aromatic amines is 1. The fraction of sp³-hybridized carbons (Fsp3) is 0.316. The Morgan fingerprint density at radius 1 is 1.30 bits per heavy atom. The second kappa shape index (κ2) is 7.39. The minimum atomic E-state index is -4.59. The Morgan fingerprint density at radius 3 is 2.77 bits per heavy atom. The van der Waals surface area contributed by atoms with E-state index >= 15 is 0 Å². The lowest BCUT2D eigenvalue weighted by atomic mass is 10.1. The lowest BCUT2D eigenvalue weighted by Crippen LogP contribution is -2.29. The SMILES string of the molecule is Cn1nc(C(=O)N2CCC(c3nc(-c4cccnc4)cc(=O)[nH]3)C2)cc1C(F)(F)F. The van der Waals surface area contributed by atoms with Gasteiger partial charge in [-0.05, 0) is 18.6 Å². The maximum atomic E-state index is 13.0. The van der Waals surface area contributed by atoms with E-state index in [4.69, 9.17) is 0 Å². The second-order valence-electron chi connectivity index (χ2n) is 7.03. The summed E-state index contributed by atoms with van der Waals surface area (Å²) in [5.41, 5.74) is -0.439. The minimum absolute atomic E-state index is 0.218. The quantitative estimate of drug-likeness (QED) is 0.704. The fourth-order valence-corrected chi connectivity index (χ4v) is 3.50. The first-order valence-corrected chi connectivity index (χ1v) is 9.14. The Labute approximate surface area is 168 Å². The predicted molar refractivity (Wildman–Crippen MR) is 99.6 cm³/mol. The highest BCUT2D eigenvalue weighted by atomic mass is 19.4. The van der Waals surface area contributed by atoms with E-state index in [-0.39, 0.29) is 23.7 Å². The fourth-order valence-electron chi connectivity index (χ4n) is 3.50. The number of amides is 1. The maximum absolute atomic E-state index is 13.0. The highest BCUT2D eigenvalue weighted by Crippen LogP contribution is 2.31. The van der Waals surface area contributed by atoms with E-state index < -0.39 is 17.8 Å². The molecule has 1 N–H and O–H groups in total. The summed E-state index contributed by atoms with van der Waals surface area (Å²) in [5.74, 6) is -0.410. The molecule has 0 radical (unpaired) electrons. The number of nitrogens with one attached hydrogen (secondary N) is 1. The van der Waals surface area contributed by atoms with Gasteiger partial charge in [-0.15, -0.1) is 0 Å². The van der Waals surface area contributed by atoms with Crippen LogP contribution in [0.2, 0.25) is 0 Å². The number of rotatable bonds is 3. The third-order valence-electron chi connectivity index (χ3n) is 4.97. The predicted octanol–water partition coefficient (Wildman–Crippen LogP) is 2.21. The summed E-state index contributed by atoms with van der Waals surface area (Å²) in [4.78, 5) is 37.4. The summed E-state index contributed by atoms with van der Waals surface area (Å²) in [6.45, 7) is 0.540. The molecule has 0 aromatic carbocycles. The van der Waals surface area contributed by atoms with Crippen LogP contribution in [-0.2, 0) is 13.2 Å². The molecule has 11 heteroatoms. The third-order valence-corrected chi connectivity index (χ3v) is 4.97. The molecule has 1 unspecified atom stereocenters. The topological polar surface area (TPSA) is 96.8 Å². The molecule has 4 heterocycles. The average molecular weight is 418 g/mol. The lowest BCUT2D eigenvalue weighted by Gasteiger charge is -2.15. The van der Waals surface area contributed by atoms with E-state index in [0.717, 1.165) is 13.1 Å². The van der Waals surface area contributed by atoms with E-state index in [2.05, 4.69) is 20.1 Å². The van der Waals surface area contributed by atoms with Gasteiger partial charge >= 0.3 is 6.18 Å². The van der Waals surface area contributed by atoms with Crippen molar-refractivity contribution >= 4 is 5.91 Å². The Balaban J connectivity index is 1.55. The molecule has 0 bridgehead atoms. The number of nitrogens with zero attached hydrogens (tertiary/aromatic N) is 5. The molecule has 1 aliphatic rings. The van der Waals surface area contributed by atoms with Crippen LogP contribution in [0.1, 0.15) is 34.3 Å². The van der Waals surface area contributed by atoms with Gasteiger partial charge in [-0.3, -0.25) is 19.3 Å². The zero-order valence-electron chi connectivity index (χ0n) is 15.8. The van der Waals surface area contributed by atoms with Crippen molar-refractivity contribution < 1.29 is 18.0 Å². The van der Waals surface area contributed by atoms with Crippen LogP contribution in [0, 0.1) is 0 Å². The van der Waals surface area contributed by atoms with Crippen LogP contribution >= 0.6 is 0 Å². The van der Waals surface area contributed by atoms with Crippen LogP contribution in [0.15, 0.2) is 41.5 Å². The summed E-state index contributed by atoms with van der Waals surface area (Å²) in [5, 5.41) is 3.71. The monoisotopic (exact) mass is 418 g/mol. The van der Waals surface area contributed by atoms with Crippen molar-refractivity contribution in [2.24, 2.45) is 7.05 Å². The van der Waals surface area contributed by atoms with Gasteiger partial charge in [-0.25, -0.2) is 4.98 Å². The van der Waals surface area contributed by atoms with Crippen molar-refractivity contribution in [1.29, 1.82) is 0 Å².